The van der Waals surface area contributed by atoms with Crippen LogP contribution in [0.3, 0.4) is 0 Å². The third-order valence-electron chi connectivity index (χ3n) is 5.66. The number of ketones is 1. The van der Waals surface area contributed by atoms with Crippen LogP contribution < -0.4 is 0 Å². The number of carbonyl (C=O) groups is 1. The molecule has 2 aliphatic rings. The van der Waals surface area contributed by atoms with E-state index in [1.165, 1.54) is 16.8 Å². The second kappa shape index (κ2) is 7.19. The molecule has 2 aromatic carbocycles. The predicted molar refractivity (Wildman–Crippen MR) is 110 cm³/mol. The van der Waals surface area contributed by atoms with Crippen molar-refractivity contribution in [2.24, 2.45) is 5.41 Å². The van der Waals surface area contributed by atoms with E-state index in [1.807, 2.05) is 6.07 Å². The summed E-state index contributed by atoms with van der Waals surface area (Å²) in [6.07, 6.45) is 6.97. The van der Waals surface area contributed by atoms with E-state index in [1.54, 1.807) is 0 Å². The fraction of sp³-hybridized carbons (Fsp3) is 0.320. The number of rotatable bonds is 4. The van der Waals surface area contributed by atoms with Crippen molar-refractivity contribution in [1.29, 1.82) is 0 Å². The Morgan fingerprint density at radius 3 is 2.33 bits per heavy atom. The van der Waals surface area contributed by atoms with E-state index in [4.69, 9.17) is 0 Å². The third-order valence-corrected chi connectivity index (χ3v) is 5.66. The summed E-state index contributed by atoms with van der Waals surface area (Å²) < 4.78 is 0. The van der Waals surface area contributed by atoms with Gasteiger partial charge in [0.05, 0.1) is 0 Å². The van der Waals surface area contributed by atoms with Crippen LogP contribution in [0, 0.1) is 5.41 Å². The van der Waals surface area contributed by atoms with Crippen LogP contribution in [0.2, 0.25) is 0 Å². The van der Waals surface area contributed by atoms with Crippen LogP contribution in [0.25, 0.3) is 0 Å². The normalized spacial score (nSPS) is 21.3. The molecule has 0 fully saturated rings. The lowest BCUT2D eigenvalue weighted by Crippen LogP contribution is -2.36. The van der Waals surface area contributed by atoms with Crippen molar-refractivity contribution in [1.82, 2.24) is 4.90 Å². The van der Waals surface area contributed by atoms with E-state index >= 15 is 0 Å². The Labute approximate surface area is 162 Å². The first kappa shape index (κ1) is 17.8. The highest BCUT2D eigenvalue weighted by molar-refractivity contribution is 5.99. The molecule has 2 heteroatoms. The quantitative estimate of drug-likeness (QED) is 0.721. The molecule has 0 aromatic heterocycles. The topological polar surface area (TPSA) is 20.3 Å². The molecular formula is C25H27NO. The summed E-state index contributed by atoms with van der Waals surface area (Å²) in [4.78, 5) is 15.4. The molecule has 2 nitrogen and oxygen atoms in total. The number of nitrogens with zero attached hydrogens (tertiary/aromatic N) is 1. The number of Topliss-reactive ketones (excluding diaryl/α,β-unsaturated/α-hetero) is 1. The van der Waals surface area contributed by atoms with Gasteiger partial charge in [-0.2, -0.15) is 0 Å². The minimum Gasteiger partial charge on any atom is -0.351 e. The molecular weight excluding hydrogens is 330 g/mol. The Bertz CT molecular complexity index is 877. The Morgan fingerprint density at radius 2 is 1.63 bits per heavy atom. The van der Waals surface area contributed by atoms with Crippen LogP contribution >= 0.6 is 0 Å². The van der Waals surface area contributed by atoms with Gasteiger partial charge in [-0.3, -0.25) is 4.79 Å². The largest absolute Gasteiger partial charge is 0.351 e. The van der Waals surface area contributed by atoms with E-state index in [2.05, 4.69) is 85.6 Å². The zero-order chi connectivity index (χ0) is 18.9. The van der Waals surface area contributed by atoms with E-state index < -0.39 is 0 Å². The van der Waals surface area contributed by atoms with Gasteiger partial charge in [-0.25, -0.2) is 0 Å². The average Bonchev–Trinajstić information content (AvgIpc) is 2.67. The smallest absolute Gasteiger partial charge is 0.162 e. The average molecular weight is 357 g/mol. The molecule has 1 aliphatic carbocycles. The molecule has 0 N–H and O–H groups in total. The van der Waals surface area contributed by atoms with Crippen molar-refractivity contribution in [3.8, 4) is 0 Å². The van der Waals surface area contributed by atoms with Crippen LogP contribution in [0.5, 0.6) is 0 Å². The fourth-order valence-corrected chi connectivity index (χ4v) is 4.33. The summed E-state index contributed by atoms with van der Waals surface area (Å²) in [7, 11) is 0. The molecule has 2 aromatic rings. The van der Waals surface area contributed by atoms with Gasteiger partial charge in [0.25, 0.3) is 0 Å². The van der Waals surface area contributed by atoms with Crippen LogP contribution in [-0.4, -0.2) is 17.2 Å². The van der Waals surface area contributed by atoms with E-state index in [0.29, 0.717) is 12.2 Å². The van der Waals surface area contributed by atoms with E-state index in [0.717, 1.165) is 25.0 Å². The van der Waals surface area contributed by atoms with Crippen molar-refractivity contribution in [2.45, 2.75) is 39.0 Å². The summed E-state index contributed by atoms with van der Waals surface area (Å²) >= 11 is 0. The highest BCUT2D eigenvalue weighted by Crippen LogP contribution is 2.45. The number of carbonyl (C=O) groups excluding carboxylic acids is 1. The van der Waals surface area contributed by atoms with Gasteiger partial charge >= 0.3 is 0 Å². The van der Waals surface area contributed by atoms with Crippen LogP contribution in [0.4, 0.5) is 0 Å². The van der Waals surface area contributed by atoms with Crippen LogP contribution in [0.15, 0.2) is 84.2 Å². The van der Waals surface area contributed by atoms with Gasteiger partial charge in [-0.15, -0.1) is 0 Å². The molecule has 1 heterocycles. The number of benzene rings is 2. The molecule has 0 radical (unpaired) electrons. The molecule has 138 valence electrons. The SMILES string of the molecule is CC1(C)CC(=O)C2=C(C1)N(CCc1ccccc1)C=CC2c1ccccc1. The molecule has 0 amide bonds. The van der Waals surface area contributed by atoms with Gasteiger partial charge in [0.15, 0.2) is 5.78 Å². The first-order valence-corrected chi connectivity index (χ1v) is 9.84. The van der Waals surface area contributed by atoms with Gasteiger partial charge in [0, 0.05) is 36.4 Å². The molecule has 0 saturated heterocycles. The minimum absolute atomic E-state index is 0.0212. The Morgan fingerprint density at radius 1 is 0.963 bits per heavy atom. The first-order chi connectivity index (χ1) is 13.0. The second-order valence-corrected chi connectivity index (χ2v) is 8.46. The minimum atomic E-state index is 0.0212. The number of allylic oxidation sites excluding steroid dienone is 3. The molecule has 27 heavy (non-hydrogen) atoms. The zero-order valence-electron chi connectivity index (χ0n) is 16.2. The molecule has 1 aliphatic heterocycles. The Kier molecular flexibility index (Phi) is 4.73. The lowest BCUT2D eigenvalue weighted by atomic mass is 9.70. The summed E-state index contributed by atoms with van der Waals surface area (Å²) in [5, 5.41) is 0. The molecule has 0 bridgehead atoms. The highest BCUT2D eigenvalue weighted by atomic mass is 16.1. The van der Waals surface area contributed by atoms with Gasteiger partial charge in [0.2, 0.25) is 0 Å². The van der Waals surface area contributed by atoms with Crippen molar-refractivity contribution in [3.63, 3.8) is 0 Å². The van der Waals surface area contributed by atoms with E-state index in [9.17, 15) is 4.79 Å². The number of hydrogen-bond donors (Lipinski definition) is 0. The van der Waals surface area contributed by atoms with Gasteiger partial charge in [0.1, 0.15) is 0 Å². The summed E-state index contributed by atoms with van der Waals surface area (Å²) in [5.41, 5.74) is 4.80. The number of hydrogen-bond acceptors (Lipinski definition) is 2. The lowest BCUT2D eigenvalue weighted by Gasteiger charge is -2.41. The monoisotopic (exact) mass is 357 g/mol. The maximum absolute atomic E-state index is 13.1. The van der Waals surface area contributed by atoms with E-state index in [-0.39, 0.29) is 11.3 Å². The maximum Gasteiger partial charge on any atom is 0.162 e. The Balaban J connectivity index is 1.67. The van der Waals surface area contributed by atoms with Crippen molar-refractivity contribution >= 4 is 5.78 Å². The van der Waals surface area contributed by atoms with Gasteiger partial charge < -0.3 is 4.90 Å². The lowest BCUT2D eigenvalue weighted by molar-refractivity contribution is -0.118. The third kappa shape index (κ3) is 3.75. The van der Waals surface area contributed by atoms with Gasteiger partial charge in [-0.1, -0.05) is 80.6 Å². The predicted octanol–water partition coefficient (Wildman–Crippen LogP) is 5.49. The summed E-state index contributed by atoms with van der Waals surface area (Å²) in [5.74, 6) is 0.391. The molecule has 0 spiro atoms. The van der Waals surface area contributed by atoms with Crippen molar-refractivity contribution in [2.75, 3.05) is 6.54 Å². The molecule has 1 unspecified atom stereocenters. The van der Waals surface area contributed by atoms with Crippen LogP contribution in [0.1, 0.15) is 43.7 Å². The highest BCUT2D eigenvalue weighted by Gasteiger charge is 2.39. The zero-order valence-corrected chi connectivity index (χ0v) is 16.2. The maximum atomic E-state index is 13.1. The van der Waals surface area contributed by atoms with Crippen LogP contribution in [-0.2, 0) is 11.2 Å². The standard InChI is InChI=1S/C25H27NO/c1-25(2)17-22-24(23(27)18-25)21(20-11-7-4-8-12-20)14-16-26(22)15-13-19-9-5-3-6-10-19/h3-12,14,16,21H,13,15,17-18H2,1-2H3. The van der Waals surface area contributed by atoms with Gasteiger partial charge in [-0.05, 0) is 29.4 Å². The fourth-order valence-electron chi connectivity index (χ4n) is 4.33. The molecule has 0 saturated carbocycles. The Hall–Kier alpha value is -2.61. The molecule has 1 atom stereocenters. The first-order valence-electron chi connectivity index (χ1n) is 9.84. The summed E-state index contributed by atoms with van der Waals surface area (Å²) in [6, 6.07) is 21.0. The molecule has 4 rings (SSSR count). The van der Waals surface area contributed by atoms with Crippen molar-refractivity contribution < 1.29 is 4.79 Å². The summed E-state index contributed by atoms with van der Waals surface area (Å²) in [6.45, 7) is 5.32. The second-order valence-electron chi connectivity index (χ2n) is 8.46. The van der Waals surface area contributed by atoms with Crippen molar-refractivity contribution in [3.05, 3.63) is 95.3 Å².